The quantitative estimate of drug-likeness (QED) is 0.219. The number of nitro groups is 1. The van der Waals surface area contributed by atoms with Gasteiger partial charge in [-0.3, -0.25) is 0 Å². The van der Waals surface area contributed by atoms with Gasteiger partial charge in [-0.05, 0) is 0 Å². The molecule has 0 aromatic heterocycles. The van der Waals surface area contributed by atoms with Crippen LogP contribution in [0.2, 0.25) is 0 Å². The van der Waals surface area contributed by atoms with E-state index in [-0.39, 0.29) is 11.4 Å². The van der Waals surface area contributed by atoms with Crippen molar-refractivity contribution in [1.82, 2.24) is 0 Å². The van der Waals surface area contributed by atoms with Gasteiger partial charge in [0.15, 0.2) is 0 Å². The van der Waals surface area contributed by atoms with Crippen molar-refractivity contribution in [2.24, 2.45) is 0 Å². The van der Waals surface area contributed by atoms with Crippen LogP contribution in [0.1, 0.15) is 0 Å². The number of halogens is 1. The Balaban J connectivity index is 2.10. The number of benzene rings is 4. The first-order valence-electron chi connectivity index (χ1n) is 9.74. The van der Waals surface area contributed by atoms with Crippen LogP contribution < -0.4 is 15.9 Å². The van der Waals surface area contributed by atoms with Gasteiger partial charge >= 0.3 is 189 Å². The van der Waals surface area contributed by atoms with Gasteiger partial charge in [0.25, 0.3) is 0 Å². The summed E-state index contributed by atoms with van der Waals surface area (Å²) in [5, 5.41) is 22.1. The summed E-state index contributed by atoms with van der Waals surface area (Å²) in [5.74, 6) is 0.00480. The van der Waals surface area contributed by atoms with Gasteiger partial charge in [0.1, 0.15) is 0 Å². The second kappa shape index (κ2) is 7.92. The summed E-state index contributed by atoms with van der Waals surface area (Å²) < 4.78 is 0. The third-order valence-corrected chi connectivity index (χ3v) is 13.9. The summed E-state index contributed by atoms with van der Waals surface area (Å²) >= 11 is 4.25. The van der Waals surface area contributed by atoms with E-state index >= 15 is 0 Å². The zero-order valence-electron chi connectivity index (χ0n) is 16.9. The van der Waals surface area contributed by atoms with Crippen molar-refractivity contribution in [3.05, 3.63) is 113 Å². The number of phenolic OH excluding ortho intramolecular Hbond substituents is 1. The number of rotatable bonds is 5. The summed E-state index contributed by atoms with van der Waals surface area (Å²) in [6.45, 7) is 2.21. The van der Waals surface area contributed by atoms with Gasteiger partial charge in [-0.25, -0.2) is 0 Å². The number of hydrogen-bond acceptors (Lipinski definition) is 3. The van der Waals surface area contributed by atoms with Crippen molar-refractivity contribution in [1.29, 1.82) is 0 Å². The molecule has 4 rings (SSSR count). The van der Waals surface area contributed by atoms with E-state index in [4.69, 9.17) is 0 Å². The normalized spacial score (nSPS) is 12.6. The van der Waals surface area contributed by atoms with E-state index in [1.54, 1.807) is 0 Å². The van der Waals surface area contributed by atoms with Crippen LogP contribution in [0.3, 0.4) is 0 Å². The topological polar surface area (TPSA) is 63.4 Å². The fourth-order valence-electron chi connectivity index (χ4n) is 4.01. The predicted molar refractivity (Wildman–Crippen MR) is 134 cm³/mol. The van der Waals surface area contributed by atoms with Crippen LogP contribution in [0.25, 0.3) is 11.1 Å². The number of nitro benzene ring substituents is 1. The van der Waals surface area contributed by atoms with Gasteiger partial charge in [0.2, 0.25) is 0 Å². The minimum absolute atomic E-state index is 0.00480. The Morgan fingerprint density at radius 2 is 1.29 bits per heavy atom. The molecule has 1 N–H and O–H groups in total. The fourth-order valence-corrected chi connectivity index (χ4v) is 10.2. The number of phenols is 1. The maximum atomic E-state index is 11.4. The van der Waals surface area contributed by atoms with E-state index in [2.05, 4.69) is 46.4 Å². The molecule has 0 fully saturated rings. The molecule has 0 radical (unpaired) electrons. The van der Waals surface area contributed by atoms with Crippen molar-refractivity contribution in [2.45, 2.75) is 0 Å². The SMILES string of the molecule is CP(Br)(c1ccccc1)(c1ccccc1)c1ccccc1-c1cc([N+](=O)[O-])ccc1O. The van der Waals surface area contributed by atoms with E-state index in [9.17, 15) is 15.2 Å². The first-order valence-corrected chi connectivity index (χ1v) is 14.4. The first-order chi connectivity index (χ1) is 14.8. The molecule has 0 aliphatic rings. The fraction of sp³-hybridized carbons (Fsp3) is 0.0400. The van der Waals surface area contributed by atoms with E-state index in [1.807, 2.05) is 60.7 Å². The van der Waals surface area contributed by atoms with Crippen LogP contribution in [0.5, 0.6) is 5.75 Å². The molecule has 0 saturated carbocycles. The average Bonchev–Trinajstić information content (AvgIpc) is 2.80. The molecule has 4 aromatic carbocycles. The maximum absolute atomic E-state index is 11.4. The monoisotopic (exact) mass is 493 g/mol. The van der Waals surface area contributed by atoms with Crippen molar-refractivity contribution in [3.63, 3.8) is 0 Å². The summed E-state index contributed by atoms with van der Waals surface area (Å²) in [6, 6.07) is 32.4. The second-order valence-corrected chi connectivity index (χ2v) is 17.3. The van der Waals surface area contributed by atoms with E-state index in [0.29, 0.717) is 5.56 Å². The summed E-state index contributed by atoms with van der Waals surface area (Å²) in [4.78, 5) is 11.0. The molecule has 0 unspecified atom stereocenters. The average molecular weight is 494 g/mol. The van der Waals surface area contributed by atoms with Gasteiger partial charge in [0, 0.05) is 0 Å². The van der Waals surface area contributed by atoms with Crippen LogP contribution in [0.15, 0.2) is 103 Å². The number of nitrogens with zero attached hydrogens (tertiary/aromatic N) is 1. The van der Waals surface area contributed by atoms with Crippen molar-refractivity contribution < 1.29 is 10.0 Å². The Morgan fingerprint density at radius 3 is 1.84 bits per heavy atom. The zero-order valence-corrected chi connectivity index (χ0v) is 19.3. The molecular formula is C25H21BrNO3P. The van der Waals surface area contributed by atoms with E-state index < -0.39 is 10.2 Å². The van der Waals surface area contributed by atoms with Gasteiger partial charge in [-0.2, -0.15) is 0 Å². The third kappa shape index (κ3) is 3.54. The number of non-ortho nitro benzene ring substituents is 1. The van der Waals surface area contributed by atoms with Crippen molar-refractivity contribution in [3.8, 4) is 16.9 Å². The molecular weight excluding hydrogens is 473 g/mol. The first kappa shape index (κ1) is 21.2. The van der Waals surface area contributed by atoms with Crippen molar-refractivity contribution >= 4 is 42.4 Å². The van der Waals surface area contributed by atoms with Crippen LogP contribution >= 0.6 is 20.8 Å². The molecule has 4 nitrogen and oxygen atoms in total. The van der Waals surface area contributed by atoms with Crippen LogP contribution in [0, 0.1) is 10.1 Å². The molecule has 0 heterocycles. The van der Waals surface area contributed by atoms with Crippen LogP contribution in [-0.4, -0.2) is 16.7 Å². The molecule has 4 aromatic rings. The molecule has 6 heteroatoms. The molecule has 0 aliphatic heterocycles. The van der Waals surface area contributed by atoms with E-state index in [1.165, 1.54) is 18.2 Å². The Hall–Kier alpha value is -3.01. The number of hydrogen-bond donors (Lipinski definition) is 1. The predicted octanol–water partition coefficient (Wildman–Crippen LogP) is 5.74. The second-order valence-electron chi connectivity index (χ2n) is 7.58. The Labute approximate surface area is 189 Å². The van der Waals surface area contributed by atoms with Gasteiger partial charge in [-0.1, -0.05) is 0 Å². The molecule has 0 spiro atoms. The summed E-state index contributed by atoms with van der Waals surface area (Å²) in [7, 11) is 0. The Bertz CT molecular complexity index is 1220. The van der Waals surface area contributed by atoms with Gasteiger partial charge < -0.3 is 0 Å². The molecule has 0 saturated heterocycles. The Kier molecular flexibility index (Phi) is 5.42. The third-order valence-electron chi connectivity index (χ3n) is 5.70. The van der Waals surface area contributed by atoms with Crippen LogP contribution in [0.4, 0.5) is 5.69 Å². The molecule has 156 valence electrons. The molecule has 31 heavy (non-hydrogen) atoms. The molecule has 0 bridgehead atoms. The number of aromatic hydroxyl groups is 1. The van der Waals surface area contributed by atoms with Gasteiger partial charge in [-0.15, -0.1) is 0 Å². The van der Waals surface area contributed by atoms with Crippen molar-refractivity contribution in [2.75, 3.05) is 6.66 Å². The minimum atomic E-state index is -3.15. The zero-order chi connectivity index (χ0) is 22.1. The summed E-state index contributed by atoms with van der Waals surface area (Å²) in [5.41, 5.74) is 1.13. The summed E-state index contributed by atoms with van der Waals surface area (Å²) in [6.07, 6.45) is 0. The van der Waals surface area contributed by atoms with Crippen LogP contribution in [-0.2, 0) is 0 Å². The molecule has 0 atom stereocenters. The van der Waals surface area contributed by atoms with E-state index in [0.717, 1.165) is 21.5 Å². The molecule has 0 aliphatic carbocycles. The standard InChI is InChI=1S/C25H21BrNO3P/c1-31(26,20-10-4-2-5-11-20,21-12-6-3-7-13-21)25-15-9-8-14-22(25)23-18-19(27(29)30)16-17-24(23)28/h2-18,28H,1H3. The Morgan fingerprint density at radius 1 is 0.774 bits per heavy atom. The molecule has 0 amide bonds. The van der Waals surface area contributed by atoms with Gasteiger partial charge in [0.05, 0.1) is 0 Å².